The van der Waals surface area contributed by atoms with E-state index in [1.54, 1.807) is 138 Å². The standard InChI is InChI=1S/C26H38N4O7S2.C15H24N2O4S.C12H17BrN2O3S.CH4/c1-15(2)36-24(31)28-17-8-10-19(22(12-17)39(33,34)30-26(5,6)7)21-13-27-23(38-21)20-11-9-18(14-35-20)29-25(32)37-16(3)4;1-10(2)21-14(18)16-12-8-7-11(3)13(9-12)22(19,20)17-15(4,5)6;1-7(2)18-12(16)15-8-3-4-9(17-6-8)11-14-5-10(13)19-11;/h8,10,12-13,15-16,18,20,30H,9,11,14H2,1-7H3,(H,28,31)(H,29,32);7-10,17H,1-6H3,(H,16,18);5,7-9H,3-4,6H2,1-2H3,(H,15,16);1H4/t18-,20+;;8-,9+;/m1.1./s1. The molecular weight excluding hydrogens is 1190 g/mol. The van der Waals surface area contributed by atoms with Crippen molar-refractivity contribution in [2.45, 2.75) is 207 Å². The van der Waals surface area contributed by atoms with Gasteiger partial charge in [-0.15, -0.1) is 22.7 Å². The van der Waals surface area contributed by atoms with Crippen molar-refractivity contribution in [1.29, 1.82) is 0 Å². The van der Waals surface area contributed by atoms with Gasteiger partial charge in [-0.1, -0.05) is 19.6 Å². The highest BCUT2D eigenvalue weighted by molar-refractivity contribution is 9.11. The third-order valence-electron chi connectivity index (χ3n) is 10.5. The van der Waals surface area contributed by atoms with Crippen LogP contribution >= 0.6 is 38.6 Å². The van der Waals surface area contributed by atoms with Gasteiger partial charge in [-0.2, -0.15) is 0 Å². The van der Waals surface area contributed by atoms with E-state index < -0.39 is 49.4 Å². The van der Waals surface area contributed by atoms with Crippen molar-refractivity contribution >= 4 is 94.4 Å². The number of nitrogens with zero attached hydrogens (tertiary/aromatic N) is 2. The number of anilines is 2. The van der Waals surface area contributed by atoms with Crippen LogP contribution in [0.4, 0.5) is 30.6 Å². The van der Waals surface area contributed by atoms with E-state index in [0.717, 1.165) is 21.6 Å². The molecule has 0 saturated carbocycles. The molecule has 0 spiro atoms. The number of amides is 4. The lowest BCUT2D eigenvalue weighted by atomic mass is 10.1. The highest BCUT2D eigenvalue weighted by Crippen LogP contribution is 2.39. The summed E-state index contributed by atoms with van der Waals surface area (Å²) in [5, 5.41) is 12.4. The van der Waals surface area contributed by atoms with Gasteiger partial charge in [0.15, 0.2) is 0 Å². The molecule has 454 valence electrons. The molecular formula is C54H83BrN8O14S4. The van der Waals surface area contributed by atoms with Crippen molar-refractivity contribution in [2.24, 2.45) is 0 Å². The van der Waals surface area contributed by atoms with E-state index in [-0.39, 0.29) is 77.7 Å². The number of hydrogen-bond donors (Lipinski definition) is 6. The first-order chi connectivity index (χ1) is 37.1. The maximum Gasteiger partial charge on any atom is 0.411 e. The molecule has 4 amide bonds. The molecule has 27 heteroatoms. The van der Waals surface area contributed by atoms with E-state index in [1.165, 1.54) is 23.5 Å². The highest BCUT2D eigenvalue weighted by atomic mass is 79.9. The number of hydrogen-bond acceptors (Lipinski definition) is 18. The lowest BCUT2D eigenvalue weighted by Crippen LogP contribution is -2.42. The summed E-state index contributed by atoms with van der Waals surface area (Å²) in [6.07, 6.45) is 3.19. The average molecular weight is 1280 g/mol. The summed E-state index contributed by atoms with van der Waals surface area (Å²) in [4.78, 5) is 56.7. The first kappa shape index (κ1) is 70.3. The lowest BCUT2D eigenvalue weighted by molar-refractivity contribution is -0.00533. The minimum absolute atomic E-state index is 0. The van der Waals surface area contributed by atoms with E-state index >= 15 is 0 Å². The van der Waals surface area contributed by atoms with Gasteiger partial charge < -0.3 is 39.1 Å². The van der Waals surface area contributed by atoms with E-state index in [0.29, 0.717) is 52.8 Å². The second-order valence-corrected chi connectivity index (χ2v) is 28.8. The molecule has 2 aromatic heterocycles. The van der Waals surface area contributed by atoms with Crippen molar-refractivity contribution in [2.75, 3.05) is 23.8 Å². The molecule has 0 unspecified atom stereocenters. The number of benzene rings is 2. The van der Waals surface area contributed by atoms with Crippen LogP contribution in [0, 0.1) is 6.92 Å². The predicted molar refractivity (Wildman–Crippen MR) is 319 cm³/mol. The number of ether oxygens (including phenoxy) is 6. The van der Waals surface area contributed by atoms with Gasteiger partial charge in [0.2, 0.25) is 20.0 Å². The quantitative estimate of drug-likeness (QED) is 0.0603. The number of carbonyl (C=O) groups excluding carboxylic acids is 4. The SMILES string of the molecule is C.CC(C)OC(=O)N[C@@H]1CC[C@@H](c2ncc(Br)s2)OC1.CC(C)OC(=O)Nc1ccc(-c2cnc([C@@H]3CC[C@@H](NC(=O)OC(C)C)CO3)s2)c(S(=O)(=O)NC(C)(C)C)c1.Cc1ccc(NC(=O)OC(C)C)cc1S(=O)(=O)NC(C)(C)C. The van der Waals surface area contributed by atoms with Crippen LogP contribution in [0.25, 0.3) is 10.4 Å². The van der Waals surface area contributed by atoms with Gasteiger partial charge in [-0.25, -0.2) is 55.4 Å². The summed E-state index contributed by atoms with van der Waals surface area (Å²) in [6, 6.07) is 9.23. The molecule has 2 aliphatic rings. The summed E-state index contributed by atoms with van der Waals surface area (Å²) >= 11 is 6.32. The summed E-state index contributed by atoms with van der Waals surface area (Å²) < 4.78 is 90.0. The Labute approximate surface area is 494 Å². The van der Waals surface area contributed by atoms with Gasteiger partial charge >= 0.3 is 24.4 Å². The molecule has 0 aliphatic carbocycles. The number of thiazole rings is 2. The Bertz CT molecular complexity index is 2920. The first-order valence-corrected chi connectivity index (χ1v) is 31.5. The van der Waals surface area contributed by atoms with Crippen LogP contribution in [-0.4, -0.2) is 112 Å². The van der Waals surface area contributed by atoms with Crippen molar-refractivity contribution in [1.82, 2.24) is 30.0 Å². The Morgan fingerprint density at radius 1 is 0.593 bits per heavy atom. The second kappa shape index (κ2) is 31.1. The number of alkyl carbamates (subject to hydrolysis) is 2. The number of rotatable bonds is 15. The average Bonchev–Trinajstić information content (AvgIpc) is 4.04. The first-order valence-electron chi connectivity index (χ1n) is 26.1. The number of halogens is 1. The fourth-order valence-electron chi connectivity index (χ4n) is 7.56. The summed E-state index contributed by atoms with van der Waals surface area (Å²) in [5.41, 5.74) is 0.381. The number of sulfonamides is 2. The van der Waals surface area contributed by atoms with Crippen LogP contribution in [-0.2, 0) is 48.5 Å². The molecule has 22 nitrogen and oxygen atoms in total. The molecule has 2 aromatic carbocycles. The minimum Gasteiger partial charge on any atom is -0.447 e. The maximum absolute atomic E-state index is 13.4. The third kappa shape index (κ3) is 24.8. The van der Waals surface area contributed by atoms with Crippen molar-refractivity contribution in [3.63, 3.8) is 0 Å². The molecule has 6 rings (SSSR count). The molecule has 4 aromatic rings. The zero-order chi connectivity index (χ0) is 59.9. The number of aryl methyl sites for hydroxylation is 1. The van der Waals surface area contributed by atoms with Gasteiger partial charge in [0.25, 0.3) is 0 Å². The molecule has 2 fully saturated rings. The van der Waals surface area contributed by atoms with Crippen LogP contribution in [0.1, 0.15) is 158 Å². The van der Waals surface area contributed by atoms with E-state index in [4.69, 9.17) is 28.4 Å². The number of nitrogens with one attached hydrogen (secondary N) is 6. The smallest absolute Gasteiger partial charge is 0.411 e. The Balaban J connectivity index is 0.000000347. The molecule has 6 N–H and O–H groups in total. The topological polar surface area (TPSA) is 290 Å². The monoisotopic (exact) mass is 1270 g/mol. The van der Waals surface area contributed by atoms with Crippen LogP contribution < -0.4 is 30.7 Å². The van der Waals surface area contributed by atoms with Gasteiger partial charge in [0.05, 0.1) is 74.4 Å². The summed E-state index contributed by atoms with van der Waals surface area (Å²) in [5.74, 6) is 0. The van der Waals surface area contributed by atoms with Gasteiger partial charge in [-0.3, -0.25) is 10.6 Å². The molecule has 2 aliphatic heterocycles. The lowest BCUT2D eigenvalue weighted by Gasteiger charge is -2.28. The summed E-state index contributed by atoms with van der Waals surface area (Å²) in [7, 11) is -7.64. The number of carbonyl (C=O) groups is 4. The zero-order valence-electron chi connectivity index (χ0n) is 48.1. The molecule has 0 radical (unpaired) electrons. The van der Waals surface area contributed by atoms with Gasteiger partial charge in [0, 0.05) is 34.2 Å². The predicted octanol–water partition coefficient (Wildman–Crippen LogP) is 12.1. The Morgan fingerprint density at radius 2 is 0.988 bits per heavy atom. The largest absolute Gasteiger partial charge is 0.447 e. The number of aromatic nitrogens is 2. The Hall–Kier alpha value is -5.00. The van der Waals surface area contributed by atoms with E-state index in [1.807, 2.05) is 13.8 Å². The van der Waals surface area contributed by atoms with Crippen LogP contribution in [0.3, 0.4) is 0 Å². The van der Waals surface area contributed by atoms with Crippen LogP contribution in [0.2, 0.25) is 0 Å². The van der Waals surface area contributed by atoms with Gasteiger partial charge in [0.1, 0.15) is 22.2 Å². The maximum atomic E-state index is 13.4. The van der Waals surface area contributed by atoms with E-state index in [2.05, 4.69) is 56.6 Å². The Morgan fingerprint density at radius 3 is 1.38 bits per heavy atom. The van der Waals surface area contributed by atoms with Crippen molar-refractivity contribution < 1.29 is 64.4 Å². The van der Waals surface area contributed by atoms with Crippen molar-refractivity contribution in [3.8, 4) is 10.4 Å². The second-order valence-electron chi connectivity index (χ2n) is 22.0. The minimum atomic E-state index is -3.97. The van der Waals surface area contributed by atoms with Crippen LogP contribution in [0.15, 0.2) is 62.4 Å². The highest BCUT2D eigenvalue weighted by Gasteiger charge is 2.31. The zero-order valence-corrected chi connectivity index (χ0v) is 53.0. The Kier molecular flexibility index (Phi) is 26.9. The van der Waals surface area contributed by atoms with Crippen molar-refractivity contribution in [3.05, 3.63) is 68.2 Å². The third-order valence-corrected chi connectivity index (χ3v) is 16.9. The fourth-order valence-corrected chi connectivity index (χ4v) is 13.3. The normalized spacial score (nSPS) is 17.6. The molecule has 2 saturated heterocycles. The fraction of sp³-hybridized carbons (Fsp3) is 0.593. The van der Waals surface area contributed by atoms with Crippen LogP contribution in [0.5, 0.6) is 0 Å². The molecule has 4 atom stereocenters. The molecule has 0 bridgehead atoms. The summed E-state index contributed by atoms with van der Waals surface area (Å²) in [6.45, 7) is 27.2. The van der Waals surface area contributed by atoms with E-state index in [9.17, 15) is 36.0 Å². The van der Waals surface area contributed by atoms with Gasteiger partial charge in [-0.05, 0) is 175 Å². The molecule has 81 heavy (non-hydrogen) atoms. The molecule has 4 heterocycles.